The predicted octanol–water partition coefficient (Wildman–Crippen LogP) is 2.64. The molecule has 7 nitrogen and oxygen atoms in total. The van der Waals surface area contributed by atoms with Gasteiger partial charge in [-0.1, -0.05) is 6.92 Å². The zero-order valence-electron chi connectivity index (χ0n) is 15.3. The summed E-state index contributed by atoms with van der Waals surface area (Å²) in [6.45, 7) is 3.46. The van der Waals surface area contributed by atoms with Gasteiger partial charge in [0, 0.05) is 62.6 Å². The fraction of sp³-hybridized carbons (Fsp3) is 0.350. The van der Waals surface area contributed by atoms with Crippen LogP contribution in [0, 0.1) is 0 Å². The summed E-state index contributed by atoms with van der Waals surface area (Å²) in [5.41, 5.74) is 1.55. The second-order valence-electron chi connectivity index (χ2n) is 6.66. The summed E-state index contributed by atoms with van der Waals surface area (Å²) >= 11 is 0. The lowest BCUT2D eigenvalue weighted by atomic mass is 9.93. The van der Waals surface area contributed by atoms with E-state index in [0.29, 0.717) is 12.1 Å². The molecule has 0 aromatic carbocycles. The average molecular weight is 362 g/mol. The maximum atomic E-state index is 12.8. The van der Waals surface area contributed by atoms with Crippen molar-refractivity contribution >= 4 is 5.91 Å². The number of likely N-dealkylation sites (tertiary alicyclic amines) is 1. The van der Waals surface area contributed by atoms with Crippen molar-refractivity contribution in [1.29, 1.82) is 0 Å². The molecular weight excluding hydrogens is 340 g/mol. The Morgan fingerprint density at radius 3 is 2.89 bits per heavy atom. The molecule has 1 aliphatic heterocycles. The van der Waals surface area contributed by atoms with E-state index in [9.17, 15) is 4.79 Å². The number of piperidine rings is 1. The summed E-state index contributed by atoms with van der Waals surface area (Å²) in [5, 5.41) is 0. The lowest BCUT2D eigenvalue weighted by Gasteiger charge is -2.33. The maximum Gasteiger partial charge on any atom is 0.255 e. The second kappa shape index (κ2) is 7.65. The maximum absolute atomic E-state index is 12.8. The first-order valence-corrected chi connectivity index (χ1v) is 9.30. The van der Waals surface area contributed by atoms with Gasteiger partial charge < -0.3 is 4.90 Å². The van der Waals surface area contributed by atoms with Crippen LogP contribution in [-0.2, 0) is 6.42 Å². The molecule has 4 heterocycles. The smallest absolute Gasteiger partial charge is 0.255 e. The van der Waals surface area contributed by atoms with Gasteiger partial charge in [0.2, 0.25) is 0 Å². The fourth-order valence-electron chi connectivity index (χ4n) is 3.66. The van der Waals surface area contributed by atoms with Crippen LogP contribution in [-0.4, -0.2) is 48.4 Å². The highest BCUT2D eigenvalue weighted by Gasteiger charge is 2.29. The number of carbonyl (C=O) groups excluding carboxylic acids is 1. The summed E-state index contributed by atoms with van der Waals surface area (Å²) in [5.74, 6) is 1.94. The molecule has 0 aliphatic carbocycles. The summed E-state index contributed by atoms with van der Waals surface area (Å²) in [7, 11) is 0. The molecule has 0 radical (unpaired) electrons. The molecule has 1 amide bonds. The van der Waals surface area contributed by atoms with E-state index in [1.807, 2.05) is 21.7 Å². The molecular formula is C20H22N6O. The number of nitrogens with zero attached hydrogens (tertiary/aromatic N) is 6. The first-order chi connectivity index (χ1) is 13.3. The van der Waals surface area contributed by atoms with E-state index in [-0.39, 0.29) is 11.8 Å². The van der Waals surface area contributed by atoms with Gasteiger partial charge in [-0.3, -0.25) is 19.3 Å². The third-order valence-electron chi connectivity index (χ3n) is 4.97. The summed E-state index contributed by atoms with van der Waals surface area (Å²) in [6, 6.07) is 3.60. The normalized spacial score (nSPS) is 17.1. The highest BCUT2D eigenvalue weighted by Crippen LogP contribution is 2.29. The van der Waals surface area contributed by atoms with E-state index in [1.54, 1.807) is 37.1 Å². The van der Waals surface area contributed by atoms with Crippen molar-refractivity contribution < 1.29 is 4.79 Å². The number of amides is 1. The van der Waals surface area contributed by atoms with E-state index in [0.717, 1.165) is 43.1 Å². The van der Waals surface area contributed by atoms with Crippen LogP contribution in [0.25, 0.3) is 5.82 Å². The van der Waals surface area contributed by atoms with Gasteiger partial charge in [0.05, 0.1) is 11.3 Å². The predicted molar refractivity (Wildman–Crippen MR) is 101 cm³/mol. The number of rotatable bonds is 4. The fourth-order valence-corrected chi connectivity index (χ4v) is 3.66. The monoisotopic (exact) mass is 362 g/mol. The lowest BCUT2D eigenvalue weighted by Crippen LogP contribution is -2.39. The van der Waals surface area contributed by atoms with Crippen LogP contribution in [0.1, 0.15) is 47.6 Å². The quantitative estimate of drug-likeness (QED) is 0.713. The zero-order valence-corrected chi connectivity index (χ0v) is 15.3. The van der Waals surface area contributed by atoms with Crippen molar-refractivity contribution in [3.05, 3.63) is 66.4 Å². The van der Waals surface area contributed by atoms with E-state index < -0.39 is 0 Å². The Balaban J connectivity index is 1.62. The molecule has 0 spiro atoms. The van der Waals surface area contributed by atoms with Gasteiger partial charge >= 0.3 is 0 Å². The molecule has 3 aromatic rings. The molecule has 7 heteroatoms. The molecule has 4 rings (SSSR count). The number of aryl methyl sites for hydroxylation is 1. The molecule has 1 saturated heterocycles. The number of aromatic nitrogens is 5. The number of hydrogen-bond donors (Lipinski definition) is 0. The van der Waals surface area contributed by atoms with E-state index in [2.05, 4.69) is 26.9 Å². The molecule has 1 fully saturated rings. The number of hydrogen-bond acceptors (Lipinski definition) is 5. The van der Waals surface area contributed by atoms with Gasteiger partial charge in [-0.2, -0.15) is 0 Å². The highest BCUT2D eigenvalue weighted by atomic mass is 16.2. The molecule has 0 N–H and O–H groups in total. The Bertz CT molecular complexity index is 923. The Kier molecular flexibility index (Phi) is 4.91. The largest absolute Gasteiger partial charge is 0.338 e. The minimum atomic E-state index is 0.0233. The lowest BCUT2D eigenvalue weighted by molar-refractivity contribution is 0.0705. The molecule has 1 atom stereocenters. The molecule has 27 heavy (non-hydrogen) atoms. The SMILES string of the molecule is CCc1nccn1-c1nccnc1C1CCCN(C(=O)c2cccnc2)C1. The molecule has 0 bridgehead atoms. The van der Waals surface area contributed by atoms with Crippen LogP contribution < -0.4 is 0 Å². The molecule has 0 saturated carbocycles. The van der Waals surface area contributed by atoms with Crippen LogP contribution in [0.4, 0.5) is 0 Å². The Labute approximate surface area is 158 Å². The number of imidazole rings is 1. The van der Waals surface area contributed by atoms with Crippen LogP contribution in [0.2, 0.25) is 0 Å². The van der Waals surface area contributed by atoms with E-state index in [4.69, 9.17) is 0 Å². The third-order valence-corrected chi connectivity index (χ3v) is 4.97. The molecule has 1 aliphatic rings. The van der Waals surface area contributed by atoms with Crippen molar-refractivity contribution in [3.63, 3.8) is 0 Å². The third kappa shape index (κ3) is 3.45. The Hall–Kier alpha value is -3.09. The summed E-state index contributed by atoms with van der Waals surface area (Å²) < 4.78 is 2.00. The van der Waals surface area contributed by atoms with Crippen molar-refractivity contribution in [2.24, 2.45) is 0 Å². The first-order valence-electron chi connectivity index (χ1n) is 9.30. The second-order valence-corrected chi connectivity index (χ2v) is 6.66. The van der Waals surface area contributed by atoms with Gasteiger partial charge in [-0.05, 0) is 25.0 Å². The van der Waals surface area contributed by atoms with Crippen LogP contribution >= 0.6 is 0 Å². The van der Waals surface area contributed by atoms with Crippen LogP contribution in [0.15, 0.2) is 49.3 Å². The first kappa shape index (κ1) is 17.3. The standard InChI is InChI=1S/C20H22N6O/c1-2-17-22-10-12-26(17)19-18(23-8-9-24-19)16-6-4-11-25(14-16)20(27)15-5-3-7-21-13-15/h3,5,7-10,12-13,16H,2,4,6,11,14H2,1H3. The zero-order chi connectivity index (χ0) is 18.6. The number of carbonyl (C=O) groups is 1. The van der Waals surface area contributed by atoms with Crippen LogP contribution in [0.5, 0.6) is 0 Å². The van der Waals surface area contributed by atoms with E-state index in [1.165, 1.54) is 0 Å². The van der Waals surface area contributed by atoms with E-state index >= 15 is 0 Å². The minimum absolute atomic E-state index is 0.0233. The summed E-state index contributed by atoms with van der Waals surface area (Å²) in [6.07, 6.45) is 13.2. The van der Waals surface area contributed by atoms with Gasteiger partial charge in [-0.15, -0.1) is 0 Å². The van der Waals surface area contributed by atoms with Crippen molar-refractivity contribution in [3.8, 4) is 5.82 Å². The van der Waals surface area contributed by atoms with Gasteiger partial charge in [-0.25, -0.2) is 9.97 Å². The minimum Gasteiger partial charge on any atom is -0.338 e. The van der Waals surface area contributed by atoms with Crippen molar-refractivity contribution in [2.75, 3.05) is 13.1 Å². The Morgan fingerprint density at radius 2 is 2.07 bits per heavy atom. The van der Waals surface area contributed by atoms with Gasteiger partial charge in [0.1, 0.15) is 5.82 Å². The van der Waals surface area contributed by atoms with Crippen molar-refractivity contribution in [2.45, 2.75) is 32.1 Å². The van der Waals surface area contributed by atoms with Crippen molar-refractivity contribution in [1.82, 2.24) is 29.4 Å². The average Bonchev–Trinajstić information content (AvgIpc) is 3.23. The molecule has 1 unspecified atom stereocenters. The van der Waals surface area contributed by atoms with Gasteiger partial charge in [0.15, 0.2) is 5.82 Å². The van der Waals surface area contributed by atoms with Gasteiger partial charge in [0.25, 0.3) is 5.91 Å². The summed E-state index contributed by atoms with van der Waals surface area (Å²) in [4.78, 5) is 32.4. The topological polar surface area (TPSA) is 76.8 Å². The Morgan fingerprint density at radius 1 is 1.19 bits per heavy atom. The molecule has 3 aromatic heterocycles. The molecule has 138 valence electrons. The van der Waals surface area contributed by atoms with Crippen LogP contribution in [0.3, 0.4) is 0 Å². The highest BCUT2D eigenvalue weighted by molar-refractivity contribution is 5.94. The number of pyridine rings is 1.